The summed E-state index contributed by atoms with van der Waals surface area (Å²) in [6.45, 7) is 0. The first-order chi connectivity index (χ1) is 9.31. The molecule has 0 amide bonds. The van der Waals surface area contributed by atoms with Gasteiger partial charge in [-0.2, -0.15) is 0 Å². The van der Waals surface area contributed by atoms with Crippen molar-refractivity contribution in [3.05, 3.63) is 54.4 Å². The van der Waals surface area contributed by atoms with Gasteiger partial charge in [0.1, 0.15) is 16.9 Å². The van der Waals surface area contributed by atoms with E-state index in [1.165, 1.54) is 7.11 Å². The first-order valence-corrected chi connectivity index (χ1v) is 5.81. The fraction of sp³-hybridized carbons (Fsp3) is 0.0667. The first kappa shape index (κ1) is 11.5. The van der Waals surface area contributed by atoms with E-state index in [1.807, 2.05) is 24.3 Å². The number of benzene rings is 1. The first-order valence-electron chi connectivity index (χ1n) is 5.81. The molecule has 0 atom stereocenters. The quantitative estimate of drug-likeness (QED) is 0.658. The maximum Gasteiger partial charge on any atom is 0.342 e. The molecule has 0 unspecified atom stereocenters. The minimum Gasteiger partial charge on any atom is -0.465 e. The van der Waals surface area contributed by atoms with Crippen molar-refractivity contribution in [2.75, 3.05) is 7.11 Å². The minimum absolute atomic E-state index is 0.406. The highest BCUT2D eigenvalue weighted by molar-refractivity contribution is 6.08. The van der Waals surface area contributed by atoms with E-state index in [4.69, 9.17) is 9.15 Å². The third kappa shape index (κ3) is 1.87. The summed E-state index contributed by atoms with van der Waals surface area (Å²) in [4.78, 5) is 15.9. The maximum absolute atomic E-state index is 12.0. The average molecular weight is 253 g/mol. The molecule has 2 aromatic heterocycles. The van der Waals surface area contributed by atoms with Gasteiger partial charge in [0, 0.05) is 23.3 Å². The topological polar surface area (TPSA) is 52.3 Å². The highest BCUT2D eigenvalue weighted by atomic mass is 16.5. The zero-order valence-corrected chi connectivity index (χ0v) is 10.3. The number of pyridine rings is 1. The zero-order chi connectivity index (χ0) is 13.2. The smallest absolute Gasteiger partial charge is 0.342 e. The summed E-state index contributed by atoms with van der Waals surface area (Å²) in [7, 11) is 1.36. The van der Waals surface area contributed by atoms with E-state index in [9.17, 15) is 4.79 Å². The van der Waals surface area contributed by atoms with E-state index in [-0.39, 0.29) is 0 Å². The van der Waals surface area contributed by atoms with Crippen molar-refractivity contribution >= 4 is 16.9 Å². The zero-order valence-electron chi connectivity index (χ0n) is 10.3. The van der Waals surface area contributed by atoms with Gasteiger partial charge in [0.2, 0.25) is 0 Å². The van der Waals surface area contributed by atoms with Crippen molar-refractivity contribution in [1.82, 2.24) is 4.98 Å². The highest BCUT2D eigenvalue weighted by Gasteiger charge is 2.22. The molecule has 0 saturated carbocycles. The van der Waals surface area contributed by atoms with E-state index in [0.29, 0.717) is 16.9 Å². The number of nitrogens with zero attached hydrogens (tertiary/aromatic N) is 1. The summed E-state index contributed by atoms with van der Waals surface area (Å²) in [5.41, 5.74) is 1.91. The van der Waals surface area contributed by atoms with Crippen LogP contribution in [0.3, 0.4) is 0 Å². The lowest BCUT2D eigenvalue weighted by molar-refractivity contribution is 0.0603. The molecule has 94 valence electrons. The third-order valence-corrected chi connectivity index (χ3v) is 2.93. The molecule has 1 aromatic carbocycles. The Labute approximate surface area is 109 Å². The normalized spacial score (nSPS) is 10.6. The summed E-state index contributed by atoms with van der Waals surface area (Å²) in [6, 6.07) is 11.0. The number of carbonyl (C=O) groups is 1. The van der Waals surface area contributed by atoms with Crippen LogP contribution in [0.1, 0.15) is 10.4 Å². The number of aromatic nitrogens is 1. The molecular formula is C15H11NO3. The fourth-order valence-electron chi connectivity index (χ4n) is 2.06. The number of fused-ring (bicyclic) bond motifs is 1. The van der Waals surface area contributed by atoms with Crippen LogP contribution in [-0.4, -0.2) is 18.1 Å². The van der Waals surface area contributed by atoms with Crippen molar-refractivity contribution in [2.45, 2.75) is 0 Å². The monoisotopic (exact) mass is 253 g/mol. The molecule has 0 saturated heterocycles. The van der Waals surface area contributed by atoms with E-state index in [1.54, 1.807) is 24.5 Å². The van der Waals surface area contributed by atoms with E-state index >= 15 is 0 Å². The lowest BCUT2D eigenvalue weighted by Gasteiger charge is -2.00. The molecule has 0 spiro atoms. The molecule has 0 N–H and O–H groups in total. The number of hydrogen-bond donors (Lipinski definition) is 0. The summed E-state index contributed by atoms with van der Waals surface area (Å²) in [6.07, 6.45) is 3.31. The molecule has 0 radical (unpaired) electrons. The van der Waals surface area contributed by atoms with Gasteiger partial charge in [0.25, 0.3) is 0 Å². The molecule has 19 heavy (non-hydrogen) atoms. The van der Waals surface area contributed by atoms with Crippen LogP contribution in [0.15, 0.2) is 53.2 Å². The van der Waals surface area contributed by atoms with Crippen LogP contribution in [0.4, 0.5) is 0 Å². The SMILES string of the molecule is COC(=O)c1c(-c2ccncc2)oc2ccccc12. The van der Waals surface area contributed by atoms with Crippen LogP contribution >= 0.6 is 0 Å². The van der Waals surface area contributed by atoms with Crippen LogP contribution in [0, 0.1) is 0 Å². The predicted molar refractivity (Wildman–Crippen MR) is 70.8 cm³/mol. The van der Waals surface area contributed by atoms with Crippen LogP contribution in [-0.2, 0) is 4.74 Å². The maximum atomic E-state index is 12.0. The number of carbonyl (C=O) groups excluding carboxylic acids is 1. The Morgan fingerprint density at radius 1 is 1.16 bits per heavy atom. The van der Waals surface area contributed by atoms with Gasteiger partial charge in [-0.3, -0.25) is 4.98 Å². The minimum atomic E-state index is -0.406. The number of esters is 1. The highest BCUT2D eigenvalue weighted by Crippen LogP contribution is 2.33. The molecule has 2 heterocycles. The Bertz CT molecular complexity index is 731. The Morgan fingerprint density at radius 3 is 2.63 bits per heavy atom. The molecule has 0 bridgehead atoms. The standard InChI is InChI=1S/C15H11NO3/c1-18-15(17)13-11-4-2-3-5-12(11)19-14(13)10-6-8-16-9-7-10/h2-9H,1H3. The fourth-order valence-corrected chi connectivity index (χ4v) is 2.06. The van der Waals surface area contributed by atoms with Crippen molar-refractivity contribution in [1.29, 1.82) is 0 Å². The van der Waals surface area contributed by atoms with Crippen LogP contribution in [0.2, 0.25) is 0 Å². The van der Waals surface area contributed by atoms with Gasteiger partial charge in [0.05, 0.1) is 7.11 Å². The van der Waals surface area contributed by atoms with Crippen molar-refractivity contribution < 1.29 is 13.9 Å². The summed E-state index contributed by atoms with van der Waals surface area (Å²) in [5.74, 6) is 0.104. The lowest BCUT2D eigenvalue weighted by atomic mass is 10.1. The van der Waals surface area contributed by atoms with Crippen LogP contribution < -0.4 is 0 Å². The van der Waals surface area contributed by atoms with Gasteiger partial charge in [-0.1, -0.05) is 18.2 Å². The molecule has 4 nitrogen and oxygen atoms in total. The summed E-state index contributed by atoms with van der Waals surface area (Å²) < 4.78 is 10.6. The number of para-hydroxylation sites is 1. The van der Waals surface area contributed by atoms with E-state index < -0.39 is 5.97 Å². The van der Waals surface area contributed by atoms with Gasteiger partial charge >= 0.3 is 5.97 Å². The Kier molecular flexibility index (Phi) is 2.76. The molecule has 4 heteroatoms. The number of furan rings is 1. The van der Waals surface area contributed by atoms with Crippen molar-refractivity contribution in [3.63, 3.8) is 0 Å². The van der Waals surface area contributed by atoms with Crippen LogP contribution in [0.5, 0.6) is 0 Å². The van der Waals surface area contributed by atoms with Gasteiger partial charge in [-0.05, 0) is 18.2 Å². The van der Waals surface area contributed by atoms with Crippen molar-refractivity contribution in [3.8, 4) is 11.3 Å². The number of methoxy groups -OCH3 is 1. The number of hydrogen-bond acceptors (Lipinski definition) is 4. The number of rotatable bonds is 2. The average Bonchev–Trinajstić information content (AvgIpc) is 2.87. The molecule has 0 aliphatic heterocycles. The van der Waals surface area contributed by atoms with Gasteiger partial charge in [0.15, 0.2) is 0 Å². The Morgan fingerprint density at radius 2 is 1.89 bits per heavy atom. The lowest BCUT2D eigenvalue weighted by Crippen LogP contribution is -2.01. The Balaban J connectivity index is 2.32. The summed E-state index contributed by atoms with van der Waals surface area (Å²) in [5, 5.41) is 0.751. The van der Waals surface area contributed by atoms with Gasteiger partial charge < -0.3 is 9.15 Å². The molecule has 3 rings (SSSR count). The van der Waals surface area contributed by atoms with Gasteiger partial charge in [-0.15, -0.1) is 0 Å². The second kappa shape index (κ2) is 4.57. The molecule has 3 aromatic rings. The van der Waals surface area contributed by atoms with E-state index in [0.717, 1.165) is 10.9 Å². The second-order valence-electron chi connectivity index (χ2n) is 4.03. The summed E-state index contributed by atoms with van der Waals surface area (Å²) >= 11 is 0. The Hall–Kier alpha value is -2.62. The molecule has 0 fully saturated rings. The second-order valence-corrected chi connectivity index (χ2v) is 4.03. The third-order valence-electron chi connectivity index (χ3n) is 2.93. The van der Waals surface area contributed by atoms with Crippen molar-refractivity contribution in [2.24, 2.45) is 0 Å². The van der Waals surface area contributed by atoms with Crippen LogP contribution in [0.25, 0.3) is 22.3 Å². The molecule has 0 aliphatic carbocycles. The largest absolute Gasteiger partial charge is 0.465 e. The molecule has 0 aliphatic rings. The van der Waals surface area contributed by atoms with Gasteiger partial charge in [-0.25, -0.2) is 4.79 Å². The number of ether oxygens (including phenoxy) is 1. The molecular weight excluding hydrogens is 242 g/mol. The predicted octanol–water partition coefficient (Wildman–Crippen LogP) is 3.28. The van der Waals surface area contributed by atoms with E-state index in [2.05, 4.69) is 4.98 Å².